The Morgan fingerprint density at radius 1 is 1.59 bits per heavy atom. The van der Waals surface area contributed by atoms with Crippen LogP contribution in [0.2, 0.25) is 0 Å². The van der Waals surface area contributed by atoms with Gasteiger partial charge in [-0.3, -0.25) is 9.59 Å². The van der Waals surface area contributed by atoms with Gasteiger partial charge in [-0.1, -0.05) is 19.8 Å². The van der Waals surface area contributed by atoms with Gasteiger partial charge in [-0.05, 0) is 12.8 Å². The first-order valence-corrected chi connectivity index (χ1v) is 6.17. The number of carbonyl (C=O) groups excluding carboxylic acids is 2. The Labute approximate surface area is 103 Å². The molecule has 2 N–H and O–H groups in total. The summed E-state index contributed by atoms with van der Waals surface area (Å²) in [5, 5.41) is 0. The first-order chi connectivity index (χ1) is 8.10. The fourth-order valence-corrected chi connectivity index (χ4v) is 2.12. The number of piperidine rings is 1. The van der Waals surface area contributed by atoms with Crippen LogP contribution in [0, 0.1) is 17.8 Å². The van der Waals surface area contributed by atoms with Crippen LogP contribution in [-0.4, -0.2) is 29.3 Å². The van der Waals surface area contributed by atoms with Crippen molar-refractivity contribution in [2.24, 2.45) is 11.7 Å². The third-order valence-electron chi connectivity index (χ3n) is 3.03. The summed E-state index contributed by atoms with van der Waals surface area (Å²) in [5.41, 5.74) is 5.29. The minimum Gasteiger partial charge on any atom is -0.368 e. The number of hydrogen-bond donors (Lipinski definition) is 1. The van der Waals surface area contributed by atoms with E-state index in [-0.39, 0.29) is 11.8 Å². The maximum Gasteiger partial charge on any atom is 0.240 e. The molecule has 2 unspecified atom stereocenters. The molecule has 2 atom stereocenters. The first-order valence-electron chi connectivity index (χ1n) is 6.17. The molecule has 0 radical (unpaired) electrons. The highest BCUT2D eigenvalue weighted by Crippen LogP contribution is 2.20. The van der Waals surface area contributed by atoms with E-state index in [4.69, 9.17) is 5.73 Å². The van der Waals surface area contributed by atoms with E-state index in [2.05, 4.69) is 11.8 Å². The number of hydrogen-bond acceptors (Lipinski definition) is 2. The maximum absolute atomic E-state index is 11.9. The quantitative estimate of drug-likeness (QED) is 0.740. The molecule has 4 heteroatoms. The summed E-state index contributed by atoms with van der Waals surface area (Å²) in [6.07, 6.45) is 2.64. The molecule has 94 valence electrons. The van der Waals surface area contributed by atoms with Crippen molar-refractivity contribution in [1.82, 2.24) is 4.90 Å². The van der Waals surface area contributed by atoms with Gasteiger partial charge in [0.05, 0.1) is 0 Å². The summed E-state index contributed by atoms with van der Waals surface area (Å²) in [5.74, 6) is 5.82. The lowest BCUT2D eigenvalue weighted by molar-refractivity contribution is -0.142. The number of nitrogens with two attached hydrogens (primary N) is 1. The Hall–Kier alpha value is -1.50. The van der Waals surface area contributed by atoms with Crippen molar-refractivity contribution < 1.29 is 9.59 Å². The third-order valence-corrected chi connectivity index (χ3v) is 3.03. The molecule has 1 fully saturated rings. The van der Waals surface area contributed by atoms with E-state index in [0.717, 1.165) is 12.8 Å². The zero-order valence-corrected chi connectivity index (χ0v) is 10.5. The lowest BCUT2D eigenvalue weighted by Gasteiger charge is -2.34. The van der Waals surface area contributed by atoms with Crippen molar-refractivity contribution in [3.8, 4) is 11.8 Å². The summed E-state index contributed by atoms with van der Waals surface area (Å²) in [4.78, 5) is 24.8. The van der Waals surface area contributed by atoms with E-state index in [0.29, 0.717) is 19.4 Å². The van der Waals surface area contributed by atoms with Gasteiger partial charge in [0.25, 0.3) is 0 Å². The third kappa shape index (κ3) is 3.48. The van der Waals surface area contributed by atoms with Crippen molar-refractivity contribution >= 4 is 11.8 Å². The van der Waals surface area contributed by atoms with Crippen LogP contribution in [0.4, 0.5) is 0 Å². The van der Waals surface area contributed by atoms with Crippen molar-refractivity contribution in [3.05, 3.63) is 0 Å². The van der Waals surface area contributed by atoms with Crippen LogP contribution in [0.1, 0.15) is 39.5 Å². The minimum atomic E-state index is -0.456. The van der Waals surface area contributed by atoms with Gasteiger partial charge in [-0.2, -0.15) is 0 Å². The molecule has 0 spiro atoms. The topological polar surface area (TPSA) is 63.4 Å². The molecule has 0 aromatic heterocycles. The number of carbonyl (C=O) groups is 2. The van der Waals surface area contributed by atoms with Crippen molar-refractivity contribution in [2.75, 3.05) is 6.54 Å². The van der Waals surface area contributed by atoms with Gasteiger partial charge < -0.3 is 10.6 Å². The fraction of sp³-hybridized carbons (Fsp3) is 0.692. The Bertz CT molecular complexity index is 354. The summed E-state index contributed by atoms with van der Waals surface area (Å²) >= 11 is 0. The summed E-state index contributed by atoms with van der Waals surface area (Å²) in [6, 6.07) is -0.456. The van der Waals surface area contributed by atoms with Gasteiger partial charge in [-0.15, -0.1) is 5.92 Å². The van der Waals surface area contributed by atoms with Crippen LogP contribution >= 0.6 is 0 Å². The normalized spacial score (nSPS) is 21.6. The highest BCUT2D eigenvalue weighted by atomic mass is 16.2. The minimum absolute atomic E-state index is 0.00250. The average Bonchev–Trinajstić information content (AvgIpc) is 2.29. The van der Waals surface area contributed by atoms with Gasteiger partial charge in [0.15, 0.2) is 0 Å². The number of nitrogens with zero attached hydrogens (tertiary/aromatic N) is 1. The first kappa shape index (κ1) is 13.6. The SMILES string of the molecule is CCC#CC1CCN(C(CC)C(N)=O)C(=O)C1. The second-order valence-corrected chi connectivity index (χ2v) is 4.28. The van der Waals surface area contributed by atoms with Gasteiger partial charge in [0.1, 0.15) is 6.04 Å². The Balaban J connectivity index is 2.64. The Morgan fingerprint density at radius 3 is 2.76 bits per heavy atom. The molecule has 0 aromatic carbocycles. The van der Waals surface area contributed by atoms with Gasteiger partial charge in [-0.25, -0.2) is 0 Å². The predicted octanol–water partition coefficient (Wildman–Crippen LogP) is 0.902. The molecule has 1 heterocycles. The summed E-state index contributed by atoms with van der Waals surface area (Å²) in [6.45, 7) is 4.44. The zero-order valence-electron chi connectivity index (χ0n) is 10.5. The molecule has 1 rings (SSSR count). The second-order valence-electron chi connectivity index (χ2n) is 4.28. The molecule has 1 aliphatic heterocycles. The number of likely N-dealkylation sites (tertiary alicyclic amines) is 1. The molecular weight excluding hydrogens is 216 g/mol. The van der Waals surface area contributed by atoms with Gasteiger partial charge in [0.2, 0.25) is 11.8 Å². The van der Waals surface area contributed by atoms with E-state index in [9.17, 15) is 9.59 Å². The highest BCUT2D eigenvalue weighted by Gasteiger charge is 2.31. The zero-order chi connectivity index (χ0) is 12.8. The number of amides is 2. The lowest BCUT2D eigenvalue weighted by Crippen LogP contribution is -2.50. The Morgan fingerprint density at radius 2 is 2.29 bits per heavy atom. The summed E-state index contributed by atoms with van der Waals surface area (Å²) in [7, 11) is 0. The van der Waals surface area contributed by atoms with Crippen LogP contribution < -0.4 is 5.73 Å². The molecule has 1 aliphatic rings. The largest absolute Gasteiger partial charge is 0.368 e. The van der Waals surface area contributed by atoms with E-state index in [1.807, 2.05) is 13.8 Å². The van der Waals surface area contributed by atoms with Crippen molar-refractivity contribution in [2.45, 2.75) is 45.6 Å². The molecule has 17 heavy (non-hydrogen) atoms. The molecule has 4 nitrogen and oxygen atoms in total. The van der Waals surface area contributed by atoms with E-state index < -0.39 is 11.9 Å². The van der Waals surface area contributed by atoms with E-state index in [1.165, 1.54) is 0 Å². The van der Waals surface area contributed by atoms with E-state index >= 15 is 0 Å². The van der Waals surface area contributed by atoms with Crippen LogP contribution in [-0.2, 0) is 9.59 Å². The Kier molecular flexibility index (Phi) is 5.02. The van der Waals surface area contributed by atoms with Crippen LogP contribution in [0.25, 0.3) is 0 Å². The average molecular weight is 236 g/mol. The second kappa shape index (κ2) is 6.29. The highest BCUT2D eigenvalue weighted by molar-refractivity contribution is 5.87. The lowest BCUT2D eigenvalue weighted by atomic mass is 9.95. The predicted molar refractivity (Wildman–Crippen MR) is 65.8 cm³/mol. The summed E-state index contributed by atoms with van der Waals surface area (Å²) < 4.78 is 0. The molecule has 2 amide bonds. The molecule has 1 saturated heterocycles. The standard InChI is InChI=1S/C13H20N2O2/c1-3-5-6-10-7-8-15(12(16)9-10)11(4-2)13(14)17/h10-11H,3-4,7-9H2,1-2H3,(H2,14,17). The fourth-order valence-electron chi connectivity index (χ4n) is 2.12. The molecule has 0 aliphatic carbocycles. The smallest absolute Gasteiger partial charge is 0.240 e. The number of primary amides is 1. The molecule has 0 aromatic rings. The van der Waals surface area contributed by atoms with Crippen LogP contribution in [0.15, 0.2) is 0 Å². The van der Waals surface area contributed by atoms with Gasteiger partial charge in [0, 0.05) is 25.3 Å². The van der Waals surface area contributed by atoms with Gasteiger partial charge >= 0.3 is 0 Å². The molecular formula is C13H20N2O2. The monoisotopic (exact) mass is 236 g/mol. The van der Waals surface area contributed by atoms with Crippen LogP contribution in [0.5, 0.6) is 0 Å². The van der Waals surface area contributed by atoms with Crippen LogP contribution in [0.3, 0.4) is 0 Å². The maximum atomic E-state index is 11.9. The van der Waals surface area contributed by atoms with Crippen molar-refractivity contribution in [3.63, 3.8) is 0 Å². The van der Waals surface area contributed by atoms with Crippen molar-refractivity contribution in [1.29, 1.82) is 0 Å². The molecule has 0 bridgehead atoms. The molecule has 0 saturated carbocycles. The van der Waals surface area contributed by atoms with E-state index in [1.54, 1.807) is 4.90 Å². The number of rotatable bonds is 3.